The lowest BCUT2D eigenvalue weighted by Gasteiger charge is -2.03. The zero-order chi connectivity index (χ0) is 12.8. The van der Waals surface area contributed by atoms with Gasteiger partial charge in [-0.15, -0.1) is 5.10 Å². The van der Waals surface area contributed by atoms with Crippen molar-refractivity contribution in [1.82, 2.24) is 30.0 Å². The summed E-state index contributed by atoms with van der Waals surface area (Å²) in [6, 6.07) is 3.26. The molecule has 10 heteroatoms. The number of aromatic nitrogens is 6. The highest BCUT2D eigenvalue weighted by Crippen LogP contribution is 2.33. The van der Waals surface area contributed by atoms with Gasteiger partial charge in [0, 0.05) is 11.8 Å². The molecule has 3 aromatic rings. The van der Waals surface area contributed by atoms with Gasteiger partial charge in [-0.05, 0) is 22.6 Å². The number of pyridine rings is 1. The van der Waals surface area contributed by atoms with Crippen LogP contribution in [-0.2, 0) is 4.57 Å². The Morgan fingerprint density at radius 1 is 1.39 bits per heavy atom. The summed E-state index contributed by atoms with van der Waals surface area (Å²) in [5.41, 5.74) is 0.928. The Bertz CT molecular complexity index is 745. The molecule has 0 amide bonds. The van der Waals surface area contributed by atoms with Crippen LogP contribution in [0.5, 0.6) is 0 Å². The number of fused-ring (bicyclic) bond motifs is 1. The summed E-state index contributed by atoms with van der Waals surface area (Å²) in [6.07, 6.45) is 2.66. The van der Waals surface area contributed by atoms with Crippen LogP contribution >= 0.6 is 7.60 Å². The molecular weight excluding hydrogens is 259 g/mol. The van der Waals surface area contributed by atoms with Crippen LogP contribution in [0.25, 0.3) is 17.0 Å². The van der Waals surface area contributed by atoms with Crippen LogP contribution in [0, 0.1) is 0 Å². The van der Waals surface area contributed by atoms with Gasteiger partial charge in [-0.2, -0.15) is 0 Å². The summed E-state index contributed by atoms with van der Waals surface area (Å²) in [7, 11) is -4.34. The minimum atomic E-state index is -4.34. The van der Waals surface area contributed by atoms with E-state index in [-0.39, 0.29) is 5.44 Å². The van der Waals surface area contributed by atoms with E-state index in [9.17, 15) is 4.57 Å². The minimum Gasteiger partial charge on any atom is -0.320 e. The summed E-state index contributed by atoms with van der Waals surface area (Å²) in [6.45, 7) is 0. The fourth-order valence-electron chi connectivity index (χ4n) is 1.61. The fourth-order valence-corrected chi connectivity index (χ4v) is 2.27. The third-order valence-electron chi connectivity index (χ3n) is 2.41. The van der Waals surface area contributed by atoms with Gasteiger partial charge in [0.1, 0.15) is 5.65 Å². The van der Waals surface area contributed by atoms with Gasteiger partial charge in [-0.3, -0.25) is 8.97 Å². The van der Waals surface area contributed by atoms with Crippen LogP contribution in [-0.4, -0.2) is 39.8 Å². The monoisotopic (exact) mass is 266 g/mol. The summed E-state index contributed by atoms with van der Waals surface area (Å²) in [5, 5.41) is 13.2. The van der Waals surface area contributed by atoms with Gasteiger partial charge in [0.15, 0.2) is 11.3 Å². The summed E-state index contributed by atoms with van der Waals surface area (Å²) in [5.74, 6) is 0.457. The van der Waals surface area contributed by atoms with Crippen molar-refractivity contribution in [3.63, 3.8) is 0 Å². The second-order valence-electron chi connectivity index (χ2n) is 3.55. The molecule has 18 heavy (non-hydrogen) atoms. The first-order valence-corrected chi connectivity index (χ1v) is 6.44. The molecule has 0 radical (unpaired) electrons. The molecule has 9 nitrogen and oxygen atoms in total. The zero-order valence-corrected chi connectivity index (χ0v) is 9.69. The minimum absolute atomic E-state index is 0.153. The van der Waals surface area contributed by atoms with Crippen LogP contribution in [0.2, 0.25) is 0 Å². The van der Waals surface area contributed by atoms with Crippen LogP contribution < -0.4 is 5.44 Å². The first kappa shape index (κ1) is 11.0. The highest BCUT2D eigenvalue weighted by molar-refractivity contribution is 7.60. The topological polar surface area (TPSA) is 129 Å². The molecular formula is C8H7N6O3P. The normalized spacial score (nSPS) is 12.1. The molecule has 0 aromatic carbocycles. The zero-order valence-electron chi connectivity index (χ0n) is 8.80. The quantitative estimate of drug-likeness (QED) is 0.524. The lowest BCUT2D eigenvalue weighted by Crippen LogP contribution is -2.10. The average molecular weight is 266 g/mol. The van der Waals surface area contributed by atoms with Crippen molar-refractivity contribution >= 4 is 18.7 Å². The molecule has 0 spiro atoms. The first-order valence-electron chi connectivity index (χ1n) is 4.83. The molecule has 0 aliphatic heterocycles. The number of H-pyrrole nitrogens is 1. The number of nitrogens with one attached hydrogen (secondary N) is 1. The van der Waals surface area contributed by atoms with Gasteiger partial charge in [0.25, 0.3) is 0 Å². The van der Waals surface area contributed by atoms with E-state index in [1.165, 1.54) is 10.6 Å². The maximum Gasteiger partial charge on any atom is 0.374 e. The largest absolute Gasteiger partial charge is 0.374 e. The number of nitrogens with zero attached hydrogens (tertiary/aromatic N) is 5. The predicted molar refractivity (Wildman–Crippen MR) is 60.0 cm³/mol. The Hall–Kier alpha value is -2.09. The van der Waals surface area contributed by atoms with Crippen LogP contribution in [0.1, 0.15) is 0 Å². The average Bonchev–Trinajstić information content (AvgIpc) is 2.96. The molecule has 0 bridgehead atoms. The number of aromatic amines is 1. The van der Waals surface area contributed by atoms with E-state index < -0.39 is 7.60 Å². The van der Waals surface area contributed by atoms with Gasteiger partial charge in [-0.25, -0.2) is 10.1 Å². The van der Waals surface area contributed by atoms with Crippen molar-refractivity contribution in [2.75, 3.05) is 0 Å². The molecule has 92 valence electrons. The molecule has 3 N–H and O–H groups in total. The van der Waals surface area contributed by atoms with E-state index in [4.69, 9.17) is 9.79 Å². The molecule has 0 aliphatic rings. The molecule has 0 unspecified atom stereocenters. The van der Waals surface area contributed by atoms with Crippen molar-refractivity contribution in [3.8, 4) is 11.4 Å². The smallest absolute Gasteiger partial charge is 0.320 e. The highest BCUT2D eigenvalue weighted by atomic mass is 31.2. The third-order valence-corrected chi connectivity index (χ3v) is 3.34. The molecule has 0 saturated carbocycles. The van der Waals surface area contributed by atoms with E-state index in [0.29, 0.717) is 17.0 Å². The van der Waals surface area contributed by atoms with Crippen molar-refractivity contribution in [3.05, 3.63) is 24.5 Å². The maximum absolute atomic E-state index is 11.2. The van der Waals surface area contributed by atoms with E-state index in [0.717, 1.165) is 6.20 Å². The van der Waals surface area contributed by atoms with Gasteiger partial charge < -0.3 is 9.79 Å². The first-order chi connectivity index (χ1) is 8.55. The van der Waals surface area contributed by atoms with Crippen LogP contribution in [0.3, 0.4) is 0 Å². The Balaban J connectivity index is 2.19. The Morgan fingerprint density at radius 3 is 2.89 bits per heavy atom. The second kappa shape index (κ2) is 3.70. The van der Waals surface area contributed by atoms with E-state index in [1.807, 2.05) is 0 Å². The second-order valence-corrected chi connectivity index (χ2v) is 5.10. The summed E-state index contributed by atoms with van der Waals surface area (Å²) < 4.78 is 12.5. The molecule has 0 saturated heterocycles. The number of imidazole rings is 1. The molecule has 0 aliphatic carbocycles. The van der Waals surface area contributed by atoms with Crippen LogP contribution in [0.4, 0.5) is 0 Å². The highest BCUT2D eigenvalue weighted by Gasteiger charge is 2.22. The molecule has 3 aromatic heterocycles. The Morgan fingerprint density at radius 2 is 2.22 bits per heavy atom. The van der Waals surface area contributed by atoms with E-state index in [2.05, 4.69) is 25.6 Å². The van der Waals surface area contributed by atoms with Crippen molar-refractivity contribution in [2.45, 2.75) is 0 Å². The van der Waals surface area contributed by atoms with Crippen molar-refractivity contribution in [1.29, 1.82) is 0 Å². The van der Waals surface area contributed by atoms with E-state index in [1.54, 1.807) is 12.1 Å². The molecule has 3 heterocycles. The van der Waals surface area contributed by atoms with E-state index >= 15 is 0 Å². The third kappa shape index (κ3) is 1.70. The lowest BCUT2D eigenvalue weighted by atomic mass is 10.2. The lowest BCUT2D eigenvalue weighted by molar-refractivity contribution is 0.386. The molecule has 0 atom stereocenters. The van der Waals surface area contributed by atoms with Crippen molar-refractivity contribution in [2.24, 2.45) is 0 Å². The SMILES string of the molecule is O=P(O)(O)c1cnc2cc(-c3nnn[nH]3)ccn12. The number of tetrazole rings is 1. The number of rotatable bonds is 2. The van der Waals surface area contributed by atoms with Gasteiger partial charge in [0.2, 0.25) is 0 Å². The predicted octanol–water partition coefficient (Wildman–Crippen LogP) is -0.683. The summed E-state index contributed by atoms with van der Waals surface area (Å²) in [4.78, 5) is 22.2. The van der Waals surface area contributed by atoms with Gasteiger partial charge >= 0.3 is 7.60 Å². The van der Waals surface area contributed by atoms with Crippen LogP contribution in [0.15, 0.2) is 24.5 Å². The maximum atomic E-state index is 11.2. The Labute approximate surface area is 99.7 Å². The fraction of sp³-hybridized carbons (Fsp3) is 0. The Kier molecular flexibility index (Phi) is 2.27. The summed E-state index contributed by atoms with van der Waals surface area (Å²) >= 11 is 0. The van der Waals surface area contributed by atoms with Gasteiger partial charge in [0.05, 0.1) is 6.20 Å². The number of hydrogen-bond donors (Lipinski definition) is 3. The number of hydrogen-bond acceptors (Lipinski definition) is 5. The van der Waals surface area contributed by atoms with Crippen molar-refractivity contribution < 1.29 is 14.4 Å². The van der Waals surface area contributed by atoms with Gasteiger partial charge in [-0.1, -0.05) is 0 Å². The molecule has 3 rings (SSSR count). The standard InChI is InChI=1S/C8H7N6O3P/c15-18(16,17)7-4-9-6-3-5(1-2-14(6)7)8-10-12-13-11-8/h1-4H,(H2,15,16,17)(H,10,11,12,13). The molecule has 0 fully saturated rings.